The van der Waals surface area contributed by atoms with Crippen molar-refractivity contribution in [3.8, 4) is 5.75 Å². The Morgan fingerprint density at radius 2 is 2.19 bits per heavy atom. The van der Waals surface area contributed by atoms with E-state index in [0.29, 0.717) is 5.02 Å². The molecular formula is C10H7ClF2O3. The Labute approximate surface area is 94.6 Å². The summed E-state index contributed by atoms with van der Waals surface area (Å²) in [4.78, 5) is 11.5. The van der Waals surface area contributed by atoms with Crippen LogP contribution in [0.2, 0.25) is 5.02 Å². The summed E-state index contributed by atoms with van der Waals surface area (Å²) in [6.45, 7) is 0. The lowest BCUT2D eigenvalue weighted by atomic mass is 9.98. The van der Waals surface area contributed by atoms with Crippen LogP contribution in [0.15, 0.2) is 18.2 Å². The third-order valence-corrected chi connectivity index (χ3v) is 2.52. The van der Waals surface area contributed by atoms with Crippen molar-refractivity contribution in [3.05, 3.63) is 28.8 Å². The van der Waals surface area contributed by atoms with Crippen molar-refractivity contribution in [1.29, 1.82) is 0 Å². The number of hydrogen-bond donors (Lipinski definition) is 1. The quantitative estimate of drug-likeness (QED) is 0.829. The molecule has 6 heteroatoms. The first-order valence-corrected chi connectivity index (χ1v) is 4.82. The average Bonchev–Trinajstić information content (AvgIpc) is 2.19. The standard InChI is InChI=1S/C10H7ClF2O3/c11-5-1-2-8-6(3-5)7(14)4-10(15,16-8)9(12)13/h1-3,9,15H,4H2/t10-/m0/s1. The Kier molecular flexibility index (Phi) is 2.59. The molecule has 1 aliphatic rings. The predicted molar refractivity (Wildman–Crippen MR) is 52.0 cm³/mol. The van der Waals surface area contributed by atoms with Gasteiger partial charge in [0.05, 0.1) is 12.0 Å². The van der Waals surface area contributed by atoms with Crippen LogP contribution in [0.3, 0.4) is 0 Å². The molecule has 3 nitrogen and oxygen atoms in total. The van der Waals surface area contributed by atoms with Crippen molar-refractivity contribution in [1.82, 2.24) is 0 Å². The van der Waals surface area contributed by atoms with Gasteiger partial charge in [0.2, 0.25) is 0 Å². The van der Waals surface area contributed by atoms with E-state index in [1.165, 1.54) is 18.2 Å². The van der Waals surface area contributed by atoms with Crippen LogP contribution in [0.5, 0.6) is 5.75 Å². The number of aliphatic hydroxyl groups is 1. The van der Waals surface area contributed by atoms with E-state index in [-0.39, 0.29) is 11.3 Å². The third-order valence-electron chi connectivity index (χ3n) is 2.28. The topological polar surface area (TPSA) is 46.5 Å². The van der Waals surface area contributed by atoms with Gasteiger partial charge in [-0.25, -0.2) is 8.78 Å². The molecule has 2 rings (SSSR count). The number of ketones is 1. The maximum atomic E-state index is 12.5. The Morgan fingerprint density at radius 3 is 2.81 bits per heavy atom. The molecule has 0 saturated carbocycles. The Hall–Kier alpha value is -1.20. The van der Waals surface area contributed by atoms with E-state index in [4.69, 9.17) is 16.3 Å². The van der Waals surface area contributed by atoms with E-state index in [1.807, 2.05) is 0 Å². The second-order valence-corrected chi connectivity index (χ2v) is 3.92. The van der Waals surface area contributed by atoms with Gasteiger partial charge in [0.25, 0.3) is 5.79 Å². The molecule has 1 aromatic carbocycles. The van der Waals surface area contributed by atoms with Crippen LogP contribution in [0.1, 0.15) is 16.8 Å². The van der Waals surface area contributed by atoms with Gasteiger partial charge in [-0.05, 0) is 18.2 Å². The number of rotatable bonds is 1. The highest BCUT2D eigenvalue weighted by Crippen LogP contribution is 2.36. The summed E-state index contributed by atoms with van der Waals surface area (Å²) >= 11 is 5.66. The second-order valence-electron chi connectivity index (χ2n) is 3.49. The average molecular weight is 249 g/mol. The van der Waals surface area contributed by atoms with E-state index in [2.05, 4.69) is 0 Å². The summed E-state index contributed by atoms with van der Waals surface area (Å²) in [5.41, 5.74) is 0.109. The zero-order valence-electron chi connectivity index (χ0n) is 7.91. The predicted octanol–water partition coefficient (Wildman–Crippen LogP) is 2.26. The first kappa shape index (κ1) is 11.3. The molecule has 1 aliphatic heterocycles. The lowest BCUT2D eigenvalue weighted by Crippen LogP contribution is -2.48. The van der Waals surface area contributed by atoms with Crippen molar-refractivity contribution in [2.24, 2.45) is 0 Å². The van der Waals surface area contributed by atoms with Crippen LogP contribution >= 0.6 is 11.6 Å². The number of Topliss-reactive ketones (excluding diaryl/α,β-unsaturated/α-hetero) is 1. The largest absolute Gasteiger partial charge is 0.455 e. The molecule has 0 fully saturated rings. The highest BCUT2D eigenvalue weighted by Gasteiger charge is 2.46. The highest BCUT2D eigenvalue weighted by molar-refractivity contribution is 6.31. The summed E-state index contributed by atoms with van der Waals surface area (Å²) in [5, 5.41) is 9.71. The zero-order chi connectivity index (χ0) is 11.9. The van der Waals surface area contributed by atoms with Crippen molar-refractivity contribution in [2.45, 2.75) is 18.6 Å². The maximum absolute atomic E-state index is 12.5. The molecule has 1 heterocycles. The summed E-state index contributed by atoms with van der Waals surface area (Å²) in [6, 6.07) is 4.00. The van der Waals surface area contributed by atoms with Gasteiger partial charge in [-0.15, -0.1) is 0 Å². The van der Waals surface area contributed by atoms with Gasteiger partial charge < -0.3 is 9.84 Å². The van der Waals surface area contributed by atoms with Crippen LogP contribution in [0, 0.1) is 0 Å². The molecule has 1 atom stereocenters. The molecule has 16 heavy (non-hydrogen) atoms. The molecule has 0 saturated heterocycles. The molecule has 0 spiro atoms. The number of fused-ring (bicyclic) bond motifs is 1. The number of carbonyl (C=O) groups is 1. The number of hydrogen-bond acceptors (Lipinski definition) is 3. The second kappa shape index (κ2) is 3.68. The Morgan fingerprint density at radius 1 is 1.50 bits per heavy atom. The first-order valence-electron chi connectivity index (χ1n) is 4.45. The van der Waals surface area contributed by atoms with Crippen molar-refractivity contribution >= 4 is 17.4 Å². The highest BCUT2D eigenvalue weighted by atomic mass is 35.5. The summed E-state index contributed by atoms with van der Waals surface area (Å²) in [6.07, 6.45) is -3.93. The van der Waals surface area contributed by atoms with Crippen LogP contribution in [-0.4, -0.2) is 23.1 Å². The minimum Gasteiger partial charge on any atom is -0.455 e. The number of benzene rings is 1. The Balaban J connectivity index is 2.45. The number of halogens is 3. The van der Waals surface area contributed by atoms with Crippen molar-refractivity contribution in [3.63, 3.8) is 0 Å². The van der Waals surface area contributed by atoms with Gasteiger partial charge >= 0.3 is 6.43 Å². The number of carbonyl (C=O) groups excluding carboxylic acids is 1. The molecule has 0 unspecified atom stereocenters. The van der Waals surface area contributed by atoms with E-state index in [0.717, 1.165) is 0 Å². The first-order chi connectivity index (χ1) is 7.42. The molecule has 0 aromatic heterocycles. The molecule has 1 N–H and O–H groups in total. The fraction of sp³-hybridized carbons (Fsp3) is 0.300. The number of alkyl halides is 2. The molecular weight excluding hydrogens is 242 g/mol. The zero-order valence-corrected chi connectivity index (χ0v) is 8.67. The summed E-state index contributed by atoms with van der Waals surface area (Å²) in [5.74, 6) is -3.44. The summed E-state index contributed by atoms with van der Waals surface area (Å²) < 4.78 is 29.7. The molecule has 0 bridgehead atoms. The molecule has 86 valence electrons. The van der Waals surface area contributed by atoms with Crippen LogP contribution in [0.4, 0.5) is 8.78 Å². The van der Waals surface area contributed by atoms with Crippen molar-refractivity contribution < 1.29 is 23.4 Å². The van der Waals surface area contributed by atoms with Crippen LogP contribution in [-0.2, 0) is 0 Å². The SMILES string of the molecule is O=C1C[C@@](O)(C(F)F)Oc2ccc(Cl)cc21. The number of ether oxygens (including phenoxy) is 1. The van der Waals surface area contributed by atoms with Gasteiger partial charge in [0.15, 0.2) is 5.78 Å². The molecule has 0 amide bonds. The van der Waals surface area contributed by atoms with Crippen molar-refractivity contribution in [2.75, 3.05) is 0 Å². The van der Waals surface area contributed by atoms with Gasteiger partial charge in [-0.1, -0.05) is 11.6 Å². The van der Waals surface area contributed by atoms with Crippen LogP contribution < -0.4 is 4.74 Å². The third kappa shape index (κ3) is 1.76. The monoisotopic (exact) mass is 248 g/mol. The minimum atomic E-state index is -3.15. The molecule has 1 aromatic rings. The van der Waals surface area contributed by atoms with E-state index in [1.54, 1.807) is 0 Å². The normalized spacial score (nSPS) is 24.2. The van der Waals surface area contributed by atoms with E-state index >= 15 is 0 Å². The lowest BCUT2D eigenvalue weighted by molar-refractivity contribution is -0.220. The van der Waals surface area contributed by atoms with Gasteiger partial charge in [-0.2, -0.15) is 0 Å². The lowest BCUT2D eigenvalue weighted by Gasteiger charge is -2.32. The molecule has 0 aliphatic carbocycles. The fourth-order valence-corrected chi connectivity index (χ4v) is 1.65. The van der Waals surface area contributed by atoms with Crippen LogP contribution in [0.25, 0.3) is 0 Å². The van der Waals surface area contributed by atoms with E-state index in [9.17, 15) is 18.7 Å². The van der Waals surface area contributed by atoms with Gasteiger partial charge in [0, 0.05) is 5.02 Å². The fourth-order valence-electron chi connectivity index (χ4n) is 1.48. The smallest absolute Gasteiger partial charge is 0.302 e. The van der Waals surface area contributed by atoms with Gasteiger partial charge in [-0.3, -0.25) is 4.79 Å². The maximum Gasteiger partial charge on any atom is 0.302 e. The van der Waals surface area contributed by atoms with Gasteiger partial charge in [0.1, 0.15) is 5.75 Å². The van der Waals surface area contributed by atoms with E-state index < -0.39 is 24.4 Å². The Bertz CT molecular complexity index is 450. The minimum absolute atomic E-state index is 0.0801. The molecule has 0 radical (unpaired) electrons. The summed E-state index contributed by atoms with van der Waals surface area (Å²) in [7, 11) is 0.